The fourth-order valence-corrected chi connectivity index (χ4v) is 11.0. The van der Waals surface area contributed by atoms with Crippen LogP contribution in [0.5, 0.6) is 0 Å². The molecule has 0 aliphatic carbocycles. The Morgan fingerprint density at radius 1 is 0.288 bits per heavy atom. The highest BCUT2D eigenvalue weighted by Gasteiger charge is 2.20. The first kappa shape index (κ1) is 28.5. The van der Waals surface area contributed by atoms with Gasteiger partial charge in [0, 0.05) is 52.5 Å². The van der Waals surface area contributed by atoms with Crippen molar-refractivity contribution in [2.24, 2.45) is 0 Å². The van der Waals surface area contributed by atoms with Crippen LogP contribution in [0.3, 0.4) is 0 Å². The molecule has 4 aromatic heterocycles. The molecule has 52 heavy (non-hydrogen) atoms. The van der Waals surface area contributed by atoms with Crippen LogP contribution in [-0.2, 0) is 0 Å². The van der Waals surface area contributed by atoms with E-state index in [-0.39, 0.29) is 0 Å². The first-order chi connectivity index (χ1) is 25.8. The average molecular weight is 697 g/mol. The molecule has 4 heterocycles. The van der Waals surface area contributed by atoms with E-state index in [4.69, 9.17) is 0 Å². The van der Waals surface area contributed by atoms with E-state index >= 15 is 0 Å². The van der Waals surface area contributed by atoms with Crippen molar-refractivity contribution in [2.75, 3.05) is 0 Å². The molecule has 0 unspecified atom stereocenters. The summed E-state index contributed by atoms with van der Waals surface area (Å²) in [4.78, 5) is 0. The Balaban J connectivity index is 1.12. The maximum Gasteiger partial charge on any atom is 0.0647 e. The zero-order chi connectivity index (χ0) is 33.9. The van der Waals surface area contributed by atoms with Crippen LogP contribution in [0.2, 0.25) is 0 Å². The summed E-state index contributed by atoms with van der Waals surface area (Å²) in [6, 6.07) is 62.8. The van der Waals surface area contributed by atoms with Crippen molar-refractivity contribution >= 4 is 107 Å². The summed E-state index contributed by atoms with van der Waals surface area (Å²) < 4.78 is 10.2. The van der Waals surface area contributed by atoms with Gasteiger partial charge in [0.1, 0.15) is 0 Å². The smallest absolute Gasteiger partial charge is 0.0647 e. The van der Waals surface area contributed by atoms with Crippen molar-refractivity contribution in [1.29, 1.82) is 0 Å². The van der Waals surface area contributed by atoms with Gasteiger partial charge >= 0.3 is 0 Å². The van der Waals surface area contributed by atoms with Gasteiger partial charge < -0.3 is 9.13 Å². The van der Waals surface area contributed by atoms with Crippen molar-refractivity contribution in [3.8, 4) is 22.5 Å². The molecule has 0 aliphatic rings. The van der Waals surface area contributed by atoms with Crippen molar-refractivity contribution in [1.82, 2.24) is 9.13 Å². The molecule has 0 amide bonds. The highest BCUT2D eigenvalue weighted by atomic mass is 32.1. The number of hydrogen-bond donors (Lipinski definition) is 0. The van der Waals surface area contributed by atoms with Crippen LogP contribution in [0.4, 0.5) is 0 Å². The Bertz CT molecular complexity index is 3320. The zero-order valence-corrected chi connectivity index (χ0v) is 29.5. The minimum Gasteiger partial charge on any atom is -0.308 e. The number of nitrogens with zero attached hydrogens (tertiary/aromatic N) is 2. The lowest BCUT2D eigenvalue weighted by molar-refractivity contribution is 1.20. The SMILES string of the molecule is c1ccc2c(c1)sc1c(-n3c4ccccc4c4ccccc43)cc(-c3ccc4sc5c(-n6c7ccccc7c7ccccc76)cccc5c4c3)cc12. The second kappa shape index (κ2) is 10.7. The number of aromatic nitrogens is 2. The van der Waals surface area contributed by atoms with Crippen LogP contribution >= 0.6 is 22.7 Å². The van der Waals surface area contributed by atoms with E-state index < -0.39 is 0 Å². The Labute approximate surface area is 306 Å². The fraction of sp³-hybridized carbons (Fsp3) is 0. The quantitative estimate of drug-likeness (QED) is 0.174. The normalized spacial score (nSPS) is 12.2. The predicted octanol–water partition coefficient (Wildman–Crippen LogP) is 14.3. The van der Waals surface area contributed by atoms with Gasteiger partial charge in [-0.3, -0.25) is 0 Å². The number of para-hydroxylation sites is 4. The van der Waals surface area contributed by atoms with Gasteiger partial charge in [-0.05, 0) is 71.8 Å². The van der Waals surface area contributed by atoms with E-state index in [0.717, 1.165) is 0 Å². The third-order valence-corrected chi connectivity index (χ3v) is 13.3. The van der Waals surface area contributed by atoms with Gasteiger partial charge in [0.15, 0.2) is 0 Å². The molecule has 8 aromatic carbocycles. The Morgan fingerprint density at radius 2 is 0.750 bits per heavy atom. The van der Waals surface area contributed by atoms with Crippen LogP contribution in [-0.4, -0.2) is 9.13 Å². The fourth-order valence-electron chi connectivity index (χ4n) is 8.65. The van der Waals surface area contributed by atoms with Gasteiger partial charge in [-0.1, -0.05) is 109 Å². The van der Waals surface area contributed by atoms with Gasteiger partial charge in [0.05, 0.1) is 42.8 Å². The number of thiophene rings is 2. The highest BCUT2D eigenvalue weighted by Crippen LogP contribution is 2.45. The van der Waals surface area contributed by atoms with Crippen LogP contribution in [0.25, 0.3) is 106 Å². The van der Waals surface area contributed by atoms with Gasteiger partial charge in [0.2, 0.25) is 0 Å². The van der Waals surface area contributed by atoms with Gasteiger partial charge in [-0.2, -0.15) is 0 Å². The predicted molar refractivity (Wildman–Crippen MR) is 226 cm³/mol. The van der Waals surface area contributed by atoms with E-state index in [1.54, 1.807) is 0 Å². The summed E-state index contributed by atoms with van der Waals surface area (Å²) in [5, 5.41) is 10.3. The lowest BCUT2D eigenvalue weighted by atomic mass is 9.99. The van der Waals surface area contributed by atoms with E-state index in [1.807, 2.05) is 22.7 Å². The minimum atomic E-state index is 1.23. The number of fused-ring (bicyclic) bond motifs is 12. The van der Waals surface area contributed by atoms with Crippen LogP contribution in [0, 0.1) is 0 Å². The van der Waals surface area contributed by atoms with Gasteiger partial charge in [0.25, 0.3) is 0 Å². The van der Waals surface area contributed by atoms with E-state index in [0.29, 0.717) is 0 Å². The molecule has 4 heteroatoms. The molecule has 0 saturated carbocycles. The second-order valence-electron chi connectivity index (χ2n) is 13.7. The molecule has 0 N–H and O–H groups in total. The number of benzene rings is 8. The molecule has 0 fully saturated rings. The zero-order valence-electron chi connectivity index (χ0n) is 27.9. The Morgan fingerprint density at radius 3 is 1.37 bits per heavy atom. The van der Waals surface area contributed by atoms with Crippen LogP contribution in [0.1, 0.15) is 0 Å². The molecule has 12 rings (SSSR count). The first-order valence-electron chi connectivity index (χ1n) is 17.7. The molecule has 0 atom stereocenters. The molecule has 0 bridgehead atoms. The maximum absolute atomic E-state index is 2.49. The third kappa shape index (κ3) is 3.88. The van der Waals surface area contributed by atoms with Crippen molar-refractivity contribution in [3.63, 3.8) is 0 Å². The summed E-state index contributed by atoms with van der Waals surface area (Å²) in [5.41, 5.74) is 9.87. The molecule has 12 aromatic rings. The van der Waals surface area contributed by atoms with Crippen molar-refractivity contribution in [2.45, 2.75) is 0 Å². The topological polar surface area (TPSA) is 9.86 Å². The third-order valence-electron chi connectivity index (χ3n) is 10.9. The van der Waals surface area contributed by atoms with E-state index in [2.05, 4.69) is 179 Å². The van der Waals surface area contributed by atoms with E-state index in [1.165, 1.54) is 106 Å². The maximum atomic E-state index is 2.49. The standard InChI is InChI=1S/C48H28N2S2/c1-6-18-39-31(12-1)32-13-2-7-19-40(32)49(39)43-22-11-17-36-37-26-29(24-25-46(37)52-47(36)43)30-27-38-35-16-5-10-23-45(35)51-48(38)44(28-30)50-41-20-8-3-14-33(41)34-15-4-9-21-42(34)50/h1-28H. The molecule has 2 nitrogen and oxygen atoms in total. The Hall–Kier alpha value is -6.20. The van der Waals surface area contributed by atoms with Crippen LogP contribution < -0.4 is 0 Å². The molecule has 242 valence electrons. The molecule has 0 spiro atoms. The van der Waals surface area contributed by atoms with Crippen molar-refractivity contribution < 1.29 is 0 Å². The second-order valence-corrected chi connectivity index (χ2v) is 15.8. The molecule has 0 radical (unpaired) electrons. The van der Waals surface area contributed by atoms with E-state index in [9.17, 15) is 0 Å². The monoisotopic (exact) mass is 696 g/mol. The molecular formula is C48H28N2S2. The number of hydrogen-bond acceptors (Lipinski definition) is 2. The van der Waals surface area contributed by atoms with Crippen LogP contribution in [0.15, 0.2) is 170 Å². The summed E-state index contributed by atoms with van der Waals surface area (Å²) >= 11 is 3.79. The average Bonchev–Trinajstić information content (AvgIpc) is 3.95. The van der Waals surface area contributed by atoms with Gasteiger partial charge in [-0.25, -0.2) is 0 Å². The summed E-state index contributed by atoms with van der Waals surface area (Å²) in [5.74, 6) is 0. The lowest BCUT2D eigenvalue weighted by Crippen LogP contribution is -1.95. The van der Waals surface area contributed by atoms with Gasteiger partial charge in [-0.15, -0.1) is 22.7 Å². The van der Waals surface area contributed by atoms with Crippen molar-refractivity contribution in [3.05, 3.63) is 170 Å². The lowest BCUT2D eigenvalue weighted by Gasteiger charge is -2.13. The highest BCUT2D eigenvalue weighted by molar-refractivity contribution is 7.26. The largest absolute Gasteiger partial charge is 0.308 e. The minimum absolute atomic E-state index is 1.23. The summed E-state index contributed by atoms with van der Waals surface area (Å²) in [6.45, 7) is 0. The first-order valence-corrected chi connectivity index (χ1v) is 19.3. The molecular weight excluding hydrogens is 669 g/mol. The Kier molecular flexibility index (Phi) is 5.84. The molecule has 0 aliphatic heterocycles. The number of rotatable bonds is 3. The summed E-state index contributed by atoms with van der Waals surface area (Å²) in [7, 11) is 0. The summed E-state index contributed by atoms with van der Waals surface area (Å²) in [6.07, 6.45) is 0. The molecule has 0 saturated heterocycles.